The molecule has 1 aromatic carbocycles. The standard InChI is InChI=1S/C28H34F2N6O2/c1-28(2,3)36(27(37)38)25-13-21(35-15-18-14-32-33-24(18)17-35)16-34(11-9-20-6-4-5-10-31-20)26(25)22-12-19(29)7-8-23(22)30/h4-8,10,12,14,21,25-26H,9,11,13,15-17H2,1-3H3,(H,32,33)(H,37,38)/t21-,25+,26-/m1/s1. The maximum Gasteiger partial charge on any atom is 0.408 e. The van der Waals surface area contributed by atoms with Gasteiger partial charge in [-0.05, 0) is 57.5 Å². The van der Waals surface area contributed by atoms with Crippen molar-refractivity contribution in [2.45, 2.75) is 70.4 Å². The lowest BCUT2D eigenvalue weighted by Gasteiger charge is -2.52. The molecule has 0 spiro atoms. The second-order valence-electron chi connectivity index (χ2n) is 11.2. The molecule has 2 aliphatic heterocycles. The molecule has 3 aromatic rings. The van der Waals surface area contributed by atoms with E-state index in [-0.39, 0.29) is 11.6 Å². The van der Waals surface area contributed by atoms with E-state index in [0.29, 0.717) is 39.0 Å². The molecule has 2 aliphatic rings. The van der Waals surface area contributed by atoms with Crippen LogP contribution in [0.2, 0.25) is 0 Å². The molecule has 8 nitrogen and oxygen atoms in total. The summed E-state index contributed by atoms with van der Waals surface area (Å²) in [6.07, 6.45) is 3.57. The summed E-state index contributed by atoms with van der Waals surface area (Å²) in [6.45, 7) is 8.01. The van der Waals surface area contributed by atoms with Crippen molar-refractivity contribution in [3.05, 3.63) is 82.9 Å². The highest BCUT2D eigenvalue weighted by Gasteiger charge is 2.47. The van der Waals surface area contributed by atoms with Gasteiger partial charge < -0.3 is 5.11 Å². The predicted molar refractivity (Wildman–Crippen MR) is 138 cm³/mol. The maximum absolute atomic E-state index is 15.4. The molecular formula is C28H34F2N6O2. The summed E-state index contributed by atoms with van der Waals surface area (Å²) in [7, 11) is 0. The van der Waals surface area contributed by atoms with E-state index in [1.54, 1.807) is 6.20 Å². The van der Waals surface area contributed by atoms with Crippen molar-refractivity contribution in [2.24, 2.45) is 0 Å². The molecule has 1 amide bonds. The minimum absolute atomic E-state index is 0.00148. The highest BCUT2D eigenvalue weighted by atomic mass is 19.1. The van der Waals surface area contributed by atoms with E-state index >= 15 is 4.39 Å². The molecule has 0 aliphatic carbocycles. The number of hydrogen-bond acceptors (Lipinski definition) is 5. The zero-order valence-electron chi connectivity index (χ0n) is 21.9. The molecule has 5 rings (SSSR count). The minimum atomic E-state index is -1.08. The molecule has 3 atom stereocenters. The number of rotatable bonds is 6. The van der Waals surface area contributed by atoms with Gasteiger partial charge in [-0.2, -0.15) is 5.10 Å². The number of piperidine rings is 1. The monoisotopic (exact) mass is 524 g/mol. The number of aromatic amines is 1. The van der Waals surface area contributed by atoms with Crippen LogP contribution < -0.4 is 0 Å². The first-order chi connectivity index (χ1) is 18.1. The van der Waals surface area contributed by atoms with Crippen LogP contribution in [0.5, 0.6) is 0 Å². The van der Waals surface area contributed by atoms with Crippen molar-refractivity contribution < 1.29 is 18.7 Å². The molecule has 0 saturated carbocycles. The molecule has 1 fully saturated rings. The van der Waals surface area contributed by atoms with Crippen molar-refractivity contribution in [1.29, 1.82) is 0 Å². The third kappa shape index (κ3) is 5.28. The number of nitrogens with one attached hydrogen (secondary N) is 1. The smallest absolute Gasteiger partial charge is 0.408 e. The summed E-state index contributed by atoms with van der Waals surface area (Å²) in [5, 5.41) is 17.6. The van der Waals surface area contributed by atoms with Crippen LogP contribution in [-0.2, 0) is 19.5 Å². The maximum atomic E-state index is 15.4. The van der Waals surface area contributed by atoms with Crippen LogP contribution >= 0.6 is 0 Å². The fourth-order valence-corrected chi connectivity index (χ4v) is 6.07. The number of amides is 1. The Balaban J connectivity index is 1.56. The number of aromatic nitrogens is 3. The number of likely N-dealkylation sites (tertiary alicyclic amines) is 1. The molecule has 1 saturated heterocycles. The molecule has 2 N–H and O–H groups in total. The van der Waals surface area contributed by atoms with Gasteiger partial charge in [0.1, 0.15) is 11.6 Å². The van der Waals surface area contributed by atoms with Crippen molar-refractivity contribution in [3.8, 4) is 0 Å². The van der Waals surface area contributed by atoms with Gasteiger partial charge in [0, 0.05) is 67.2 Å². The van der Waals surface area contributed by atoms with Crippen LogP contribution in [-0.4, -0.2) is 71.8 Å². The summed E-state index contributed by atoms with van der Waals surface area (Å²) in [6, 6.07) is 7.90. The lowest BCUT2D eigenvalue weighted by Crippen LogP contribution is -2.62. The van der Waals surface area contributed by atoms with Gasteiger partial charge >= 0.3 is 6.09 Å². The first kappa shape index (κ1) is 26.2. The first-order valence-corrected chi connectivity index (χ1v) is 13.0. The van der Waals surface area contributed by atoms with Crippen LogP contribution in [0.4, 0.5) is 13.6 Å². The predicted octanol–water partition coefficient (Wildman–Crippen LogP) is 4.60. The molecular weight excluding hydrogens is 490 g/mol. The van der Waals surface area contributed by atoms with Crippen molar-refractivity contribution in [2.75, 3.05) is 13.1 Å². The van der Waals surface area contributed by atoms with Gasteiger partial charge in [0.05, 0.1) is 24.0 Å². The molecule has 0 radical (unpaired) electrons. The Morgan fingerprint density at radius 2 is 2.03 bits per heavy atom. The average molecular weight is 525 g/mol. The Bertz CT molecular complexity index is 1260. The number of carbonyl (C=O) groups is 1. The second-order valence-corrected chi connectivity index (χ2v) is 11.2. The van der Waals surface area contributed by atoms with E-state index in [9.17, 15) is 14.3 Å². The van der Waals surface area contributed by atoms with E-state index in [0.717, 1.165) is 29.1 Å². The number of hydrogen-bond donors (Lipinski definition) is 2. The Morgan fingerprint density at radius 3 is 2.71 bits per heavy atom. The zero-order valence-corrected chi connectivity index (χ0v) is 21.9. The van der Waals surface area contributed by atoms with Crippen molar-refractivity contribution in [1.82, 2.24) is 29.9 Å². The third-order valence-electron chi connectivity index (χ3n) is 7.69. The third-order valence-corrected chi connectivity index (χ3v) is 7.69. The topological polar surface area (TPSA) is 88.6 Å². The number of halogens is 2. The molecule has 38 heavy (non-hydrogen) atoms. The highest BCUT2D eigenvalue weighted by molar-refractivity contribution is 5.67. The van der Waals surface area contributed by atoms with E-state index in [2.05, 4.69) is 25.0 Å². The van der Waals surface area contributed by atoms with Crippen LogP contribution in [0, 0.1) is 11.6 Å². The van der Waals surface area contributed by atoms with Gasteiger partial charge in [-0.1, -0.05) is 6.07 Å². The number of benzene rings is 1. The van der Waals surface area contributed by atoms with Crippen molar-refractivity contribution >= 4 is 6.09 Å². The lowest BCUT2D eigenvalue weighted by molar-refractivity contribution is -0.0340. The Hall–Kier alpha value is -3.37. The van der Waals surface area contributed by atoms with E-state index < -0.39 is 35.4 Å². The van der Waals surface area contributed by atoms with Gasteiger partial charge in [-0.15, -0.1) is 0 Å². The lowest BCUT2D eigenvalue weighted by atomic mass is 9.84. The first-order valence-electron chi connectivity index (χ1n) is 13.0. The van der Waals surface area contributed by atoms with E-state index in [1.807, 2.05) is 45.2 Å². The second kappa shape index (κ2) is 10.4. The number of carboxylic acid groups (broad SMARTS) is 1. The molecule has 0 unspecified atom stereocenters. The van der Waals surface area contributed by atoms with E-state index in [4.69, 9.17) is 0 Å². The Kier molecular flexibility index (Phi) is 7.19. The highest BCUT2D eigenvalue weighted by Crippen LogP contribution is 2.41. The largest absolute Gasteiger partial charge is 0.465 e. The zero-order chi connectivity index (χ0) is 27.0. The SMILES string of the molecule is CC(C)(C)N(C(=O)O)[C@H]1C[C@@H](N2Cc3cn[nH]c3C2)CN(CCc2ccccn2)[C@@H]1c1cc(F)ccc1F. The van der Waals surface area contributed by atoms with Crippen molar-refractivity contribution in [3.63, 3.8) is 0 Å². The van der Waals surface area contributed by atoms with Gasteiger partial charge in [0.15, 0.2) is 0 Å². The molecule has 4 heterocycles. The summed E-state index contributed by atoms with van der Waals surface area (Å²) in [4.78, 5) is 23.0. The number of fused-ring (bicyclic) bond motifs is 1. The quantitative estimate of drug-likeness (QED) is 0.490. The average Bonchev–Trinajstić information content (AvgIpc) is 3.46. The van der Waals surface area contributed by atoms with Crippen LogP contribution in [0.1, 0.15) is 55.7 Å². The number of H-pyrrole nitrogens is 1. The Morgan fingerprint density at radius 1 is 1.21 bits per heavy atom. The molecule has 0 bridgehead atoms. The van der Waals surface area contributed by atoms with Gasteiger partial charge in [-0.25, -0.2) is 13.6 Å². The number of nitrogens with zero attached hydrogens (tertiary/aromatic N) is 5. The fourth-order valence-electron chi connectivity index (χ4n) is 6.07. The fraction of sp³-hybridized carbons (Fsp3) is 0.464. The molecule has 2 aromatic heterocycles. The van der Waals surface area contributed by atoms with E-state index in [1.165, 1.54) is 11.0 Å². The Labute approximate surface area is 221 Å². The molecule has 202 valence electrons. The van der Waals surface area contributed by atoms with Gasteiger partial charge in [0.25, 0.3) is 0 Å². The van der Waals surface area contributed by atoms with Crippen LogP contribution in [0.3, 0.4) is 0 Å². The summed E-state index contributed by atoms with van der Waals surface area (Å²) in [5.41, 5.74) is 2.50. The summed E-state index contributed by atoms with van der Waals surface area (Å²) < 4.78 is 29.9. The van der Waals surface area contributed by atoms with Crippen LogP contribution in [0.15, 0.2) is 48.8 Å². The molecule has 10 heteroatoms. The number of pyridine rings is 1. The normalized spacial score (nSPS) is 22.4. The van der Waals surface area contributed by atoms with Gasteiger partial charge in [-0.3, -0.25) is 24.8 Å². The van der Waals surface area contributed by atoms with Crippen LogP contribution in [0.25, 0.3) is 0 Å². The summed E-state index contributed by atoms with van der Waals surface area (Å²) >= 11 is 0. The summed E-state index contributed by atoms with van der Waals surface area (Å²) in [5.74, 6) is -1.08. The van der Waals surface area contributed by atoms with Gasteiger partial charge in [0.2, 0.25) is 0 Å². The minimum Gasteiger partial charge on any atom is -0.465 e.